The van der Waals surface area contributed by atoms with Crippen LogP contribution in [-0.4, -0.2) is 27.0 Å². The molecular formula is C15H13F3N4O2. The zero-order valence-corrected chi connectivity index (χ0v) is 12.8. The molecule has 1 unspecified atom stereocenters. The second-order valence-corrected chi connectivity index (χ2v) is 5.03. The van der Waals surface area contributed by atoms with Crippen LogP contribution in [-0.2, 0) is 10.9 Å². The van der Waals surface area contributed by atoms with Gasteiger partial charge in [0.1, 0.15) is 6.10 Å². The fourth-order valence-electron chi connectivity index (χ4n) is 2.02. The zero-order chi connectivity index (χ0) is 17.3. The number of methoxy groups -OCH3 is 1. The predicted molar refractivity (Wildman–Crippen MR) is 77.3 cm³/mol. The van der Waals surface area contributed by atoms with E-state index in [9.17, 15) is 13.2 Å². The van der Waals surface area contributed by atoms with Crippen molar-refractivity contribution >= 4 is 0 Å². The van der Waals surface area contributed by atoms with Crippen LogP contribution >= 0.6 is 0 Å². The normalized spacial score (nSPS) is 13.2. The highest BCUT2D eigenvalue weighted by atomic mass is 19.4. The van der Waals surface area contributed by atoms with Gasteiger partial charge in [0.05, 0.1) is 5.69 Å². The maximum absolute atomic E-state index is 12.7. The Balaban J connectivity index is 1.92. The van der Waals surface area contributed by atoms with Gasteiger partial charge in [0.25, 0.3) is 5.89 Å². The number of halogens is 3. The fraction of sp³-hybridized carbons (Fsp3) is 0.267. The molecule has 9 heteroatoms. The lowest BCUT2D eigenvalue weighted by atomic mass is 10.2. The van der Waals surface area contributed by atoms with E-state index in [2.05, 4.69) is 15.2 Å². The molecule has 0 spiro atoms. The lowest BCUT2D eigenvalue weighted by Gasteiger charge is -2.04. The molecule has 0 bridgehead atoms. The van der Waals surface area contributed by atoms with Gasteiger partial charge in [-0.2, -0.15) is 23.3 Å². The van der Waals surface area contributed by atoms with Crippen LogP contribution in [0.5, 0.6) is 0 Å². The van der Waals surface area contributed by atoms with Gasteiger partial charge < -0.3 is 9.26 Å². The number of ether oxygens (including phenoxy) is 1. The van der Waals surface area contributed by atoms with Crippen LogP contribution < -0.4 is 0 Å². The Kier molecular flexibility index (Phi) is 4.10. The number of rotatable bonds is 4. The van der Waals surface area contributed by atoms with Gasteiger partial charge >= 0.3 is 6.18 Å². The average molecular weight is 338 g/mol. The third-order valence-electron chi connectivity index (χ3n) is 3.40. The summed E-state index contributed by atoms with van der Waals surface area (Å²) in [6.45, 7) is 1.77. The molecule has 2 heterocycles. The summed E-state index contributed by atoms with van der Waals surface area (Å²) in [5, 5.41) is 7.36. The minimum Gasteiger partial charge on any atom is -0.374 e. The molecule has 2 aromatic heterocycles. The number of benzene rings is 1. The Morgan fingerprint density at radius 1 is 1.25 bits per heavy atom. The van der Waals surface area contributed by atoms with Gasteiger partial charge in [-0.25, -0.2) is 4.68 Å². The second-order valence-electron chi connectivity index (χ2n) is 5.03. The van der Waals surface area contributed by atoms with Gasteiger partial charge in [0, 0.05) is 18.9 Å². The Morgan fingerprint density at radius 3 is 2.71 bits per heavy atom. The molecule has 3 aromatic rings. The molecule has 6 nitrogen and oxygen atoms in total. The molecular weight excluding hydrogens is 325 g/mol. The lowest BCUT2D eigenvalue weighted by molar-refractivity contribution is -0.141. The van der Waals surface area contributed by atoms with E-state index in [1.54, 1.807) is 31.2 Å². The van der Waals surface area contributed by atoms with Gasteiger partial charge in [-0.3, -0.25) is 0 Å². The monoisotopic (exact) mass is 338 g/mol. The van der Waals surface area contributed by atoms with E-state index in [1.807, 2.05) is 0 Å². The summed E-state index contributed by atoms with van der Waals surface area (Å²) in [7, 11) is 1.53. The summed E-state index contributed by atoms with van der Waals surface area (Å²) in [5.41, 5.74) is 0.0584. The van der Waals surface area contributed by atoms with Crippen molar-refractivity contribution in [3.63, 3.8) is 0 Å². The molecule has 0 aliphatic rings. The molecule has 0 aliphatic carbocycles. The van der Waals surface area contributed by atoms with Crippen molar-refractivity contribution in [1.82, 2.24) is 19.9 Å². The number of nitrogens with zero attached hydrogens (tertiary/aromatic N) is 4. The minimum absolute atomic E-state index is 0.249. The third kappa shape index (κ3) is 3.16. The van der Waals surface area contributed by atoms with Crippen LogP contribution in [0.15, 0.2) is 41.1 Å². The van der Waals surface area contributed by atoms with E-state index in [4.69, 9.17) is 9.26 Å². The summed E-state index contributed by atoms with van der Waals surface area (Å²) in [4.78, 5) is 4.22. The summed E-state index contributed by atoms with van der Waals surface area (Å²) in [6.07, 6.45) is -3.57. The number of alkyl halides is 3. The van der Waals surface area contributed by atoms with Crippen molar-refractivity contribution in [2.75, 3.05) is 7.11 Å². The van der Waals surface area contributed by atoms with Crippen molar-refractivity contribution in [2.45, 2.75) is 19.2 Å². The summed E-state index contributed by atoms with van der Waals surface area (Å²) < 4.78 is 49.4. The number of aromatic nitrogens is 4. The van der Waals surface area contributed by atoms with Crippen LogP contribution in [0.1, 0.15) is 24.5 Å². The quantitative estimate of drug-likeness (QED) is 0.726. The van der Waals surface area contributed by atoms with Crippen molar-refractivity contribution in [1.29, 1.82) is 0 Å². The minimum atomic E-state index is -4.49. The largest absolute Gasteiger partial charge is 0.435 e. The highest BCUT2D eigenvalue weighted by molar-refractivity contribution is 5.57. The second kappa shape index (κ2) is 6.08. The smallest absolute Gasteiger partial charge is 0.374 e. The Morgan fingerprint density at radius 2 is 2.04 bits per heavy atom. The van der Waals surface area contributed by atoms with Crippen LogP contribution in [0.3, 0.4) is 0 Å². The molecule has 0 saturated heterocycles. The van der Waals surface area contributed by atoms with Crippen molar-refractivity contribution in [3.05, 3.63) is 48.0 Å². The van der Waals surface area contributed by atoms with E-state index in [0.717, 1.165) is 10.7 Å². The first-order chi connectivity index (χ1) is 11.4. The van der Waals surface area contributed by atoms with Crippen LogP contribution in [0.4, 0.5) is 13.2 Å². The van der Waals surface area contributed by atoms with Gasteiger partial charge in [-0.15, -0.1) is 0 Å². The molecule has 0 aliphatic heterocycles. The molecule has 1 aromatic carbocycles. The summed E-state index contributed by atoms with van der Waals surface area (Å²) in [6, 6.07) is 7.54. The first kappa shape index (κ1) is 16.2. The highest BCUT2D eigenvalue weighted by Gasteiger charge is 2.33. The van der Waals surface area contributed by atoms with E-state index >= 15 is 0 Å². The van der Waals surface area contributed by atoms with E-state index in [0.29, 0.717) is 17.1 Å². The van der Waals surface area contributed by atoms with Gasteiger partial charge in [-0.05, 0) is 31.2 Å². The van der Waals surface area contributed by atoms with Gasteiger partial charge in [0.15, 0.2) is 5.69 Å². The third-order valence-corrected chi connectivity index (χ3v) is 3.40. The maximum Gasteiger partial charge on any atom is 0.435 e. The topological polar surface area (TPSA) is 66.0 Å². The van der Waals surface area contributed by atoms with Gasteiger partial charge in [-0.1, -0.05) is 11.2 Å². The summed E-state index contributed by atoms with van der Waals surface area (Å²) in [5.74, 6) is 0.635. The van der Waals surface area contributed by atoms with E-state index in [-0.39, 0.29) is 12.0 Å². The first-order valence-electron chi connectivity index (χ1n) is 6.98. The van der Waals surface area contributed by atoms with Crippen LogP contribution in [0.25, 0.3) is 17.1 Å². The van der Waals surface area contributed by atoms with E-state index in [1.165, 1.54) is 13.3 Å². The fourth-order valence-corrected chi connectivity index (χ4v) is 2.02. The first-order valence-corrected chi connectivity index (χ1v) is 6.98. The van der Waals surface area contributed by atoms with E-state index < -0.39 is 11.9 Å². The molecule has 24 heavy (non-hydrogen) atoms. The number of hydrogen-bond acceptors (Lipinski definition) is 5. The Bertz CT molecular complexity index is 841. The molecule has 0 fully saturated rings. The van der Waals surface area contributed by atoms with Crippen LogP contribution in [0, 0.1) is 0 Å². The molecule has 0 N–H and O–H groups in total. The standard InChI is InChI=1S/C15H13F3N4O2/c1-9(23-2)13-19-14(24-21-13)10-4-3-5-11(8-10)22-7-6-12(20-22)15(16,17)18/h3-9H,1-2H3. The Labute approximate surface area is 134 Å². The maximum atomic E-state index is 12.7. The highest BCUT2D eigenvalue weighted by Crippen LogP contribution is 2.28. The lowest BCUT2D eigenvalue weighted by Crippen LogP contribution is -2.07. The van der Waals surface area contributed by atoms with Gasteiger partial charge in [0.2, 0.25) is 5.82 Å². The summed E-state index contributed by atoms with van der Waals surface area (Å²) >= 11 is 0. The number of hydrogen-bond donors (Lipinski definition) is 0. The zero-order valence-electron chi connectivity index (χ0n) is 12.8. The molecule has 0 saturated carbocycles. The molecule has 0 amide bonds. The predicted octanol–water partition coefficient (Wildman–Crippen LogP) is 3.65. The molecule has 126 valence electrons. The van der Waals surface area contributed by atoms with Crippen molar-refractivity contribution in [2.24, 2.45) is 0 Å². The SMILES string of the molecule is COC(C)c1noc(-c2cccc(-n3ccc(C(F)(F)F)n3)c2)n1. The average Bonchev–Trinajstić information content (AvgIpc) is 3.23. The molecule has 0 radical (unpaired) electrons. The molecule has 1 atom stereocenters. The van der Waals surface area contributed by atoms with Crippen molar-refractivity contribution < 1.29 is 22.4 Å². The molecule has 3 rings (SSSR count). The Hall–Kier alpha value is -2.68. The van der Waals surface area contributed by atoms with Crippen molar-refractivity contribution in [3.8, 4) is 17.1 Å². The van der Waals surface area contributed by atoms with Crippen LogP contribution in [0.2, 0.25) is 0 Å².